The van der Waals surface area contributed by atoms with Gasteiger partial charge in [-0.25, -0.2) is 0 Å². The summed E-state index contributed by atoms with van der Waals surface area (Å²) in [6, 6.07) is 3.78. The highest BCUT2D eigenvalue weighted by Gasteiger charge is 2.83. The van der Waals surface area contributed by atoms with Crippen molar-refractivity contribution in [2.75, 3.05) is 13.2 Å². The van der Waals surface area contributed by atoms with E-state index in [0.717, 1.165) is 67.2 Å². The van der Waals surface area contributed by atoms with Crippen LogP contribution in [-0.4, -0.2) is 73.7 Å². The van der Waals surface area contributed by atoms with Gasteiger partial charge in [0.25, 0.3) is 0 Å². The van der Waals surface area contributed by atoms with Crippen LogP contribution in [0.2, 0.25) is 0 Å². The average molecular weight is 819 g/mol. The summed E-state index contributed by atoms with van der Waals surface area (Å²) in [4.78, 5) is 29.0. The number of hydrogen-bond acceptors (Lipinski definition) is 8. The maximum absolute atomic E-state index is 16.3. The van der Waals surface area contributed by atoms with Crippen LogP contribution in [0.15, 0.2) is 48.1 Å². The van der Waals surface area contributed by atoms with Gasteiger partial charge in [-0.05, 0) is 174 Å². The quantitative estimate of drug-likeness (QED) is 0.174. The predicted molar refractivity (Wildman–Crippen MR) is 227 cm³/mol. The Morgan fingerprint density at radius 3 is 2.47 bits per heavy atom. The molecule has 0 saturated heterocycles. The van der Waals surface area contributed by atoms with E-state index < -0.39 is 63.5 Å². The normalized spacial score (nSPS) is 50.6. The van der Waals surface area contributed by atoms with Crippen LogP contribution in [0.1, 0.15) is 127 Å². The molecular formula is C52H66O8. The number of allylic oxidation sites excluding steroid dienone is 5. The van der Waals surface area contributed by atoms with Crippen molar-refractivity contribution in [3.8, 4) is 0 Å². The Hall–Kier alpha value is -2.72. The van der Waals surface area contributed by atoms with Crippen LogP contribution < -0.4 is 10.4 Å². The minimum Gasteiger partial charge on any atom is -0.396 e. The fraction of sp³-hybridized carbons (Fsp3) is 0.692. The molecule has 8 heteroatoms. The molecule has 1 aromatic rings. The molecule has 2 spiro atoms. The van der Waals surface area contributed by atoms with E-state index in [4.69, 9.17) is 0 Å². The zero-order valence-corrected chi connectivity index (χ0v) is 35.9. The second-order valence-electron chi connectivity index (χ2n) is 23.1. The molecule has 4 bridgehead atoms. The Bertz CT molecular complexity index is 2290. The van der Waals surface area contributed by atoms with Crippen LogP contribution >= 0.6 is 0 Å². The molecule has 322 valence electrons. The SMILES string of the molecule is C[C@@H](O)c1cc(C=O)c2c(c1)=C[C@H]1[C@@H](C=2)CC[C@@]23CC[C@H]4[C@@]5([C@H](O)CO)CC=C[C@@H](C[C@@H]5O)[C@@]14[C@H]2C(=O)C=C1[C@H]2CC(C)(C)C[C@@]45CCC[C@@H]4C=C[C@@](O)(C[C@]13C)[C@]25CO. The van der Waals surface area contributed by atoms with Crippen LogP contribution in [-0.2, 0) is 4.79 Å². The molecule has 0 unspecified atom stereocenters. The van der Waals surface area contributed by atoms with Crippen LogP contribution in [0.5, 0.6) is 0 Å². The van der Waals surface area contributed by atoms with Crippen molar-refractivity contribution in [1.82, 2.24) is 0 Å². The van der Waals surface area contributed by atoms with Crippen LogP contribution in [0, 0.1) is 79.3 Å². The molecule has 11 aliphatic carbocycles. The highest BCUT2D eigenvalue weighted by Crippen LogP contribution is 2.85. The number of carbonyl (C=O) groups excluding carboxylic acids is 2. The molecule has 0 radical (unpaired) electrons. The van der Waals surface area contributed by atoms with E-state index in [-0.39, 0.29) is 58.7 Å². The van der Waals surface area contributed by atoms with Crippen molar-refractivity contribution in [2.45, 2.75) is 129 Å². The van der Waals surface area contributed by atoms with Gasteiger partial charge in [0.15, 0.2) is 12.1 Å². The summed E-state index contributed by atoms with van der Waals surface area (Å²) in [6.45, 7) is 8.16. The van der Waals surface area contributed by atoms with Gasteiger partial charge in [0.05, 0.1) is 37.1 Å². The summed E-state index contributed by atoms with van der Waals surface area (Å²) in [5.41, 5.74) is -3.25. The van der Waals surface area contributed by atoms with Gasteiger partial charge in [-0.15, -0.1) is 0 Å². The number of hydrogen-bond donors (Lipinski definition) is 6. The maximum atomic E-state index is 16.3. The fourth-order valence-electron chi connectivity index (χ4n) is 19.3. The zero-order valence-electron chi connectivity index (χ0n) is 35.9. The highest BCUT2D eigenvalue weighted by atomic mass is 16.3. The van der Waals surface area contributed by atoms with Gasteiger partial charge < -0.3 is 30.6 Å². The predicted octanol–water partition coefficient (Wildman–Crippen LogP) is 5.25. The molecule has 17 atom stereocenters. The molecule has 0 amide bonds. The molecule has 0 aliphatic heterocycles. The number of fused-ring (bicyclic) bond motifs is 6. The van der Waals surface area contributed by atoms with Gasteiger partial charge in [0.2, 0.25) is 0 Å². The summed E-state index contributed by atoms with van der Waals surface area (Å²) < 4.78 is 0. The number of ketones is 1. The number of aldehydes is 1. The lowest BCUT2D eigenvalue weighted by molar-refractivity contribution is -0.289. The molecule has 6 fully saturated rings. The molecule has 8 nitrogen and oxygen atoms in total. The highest BCUT2D eigenvalue weighted by molar-refractivity contribution is 5.96. The van der Waals surface area contributed by atoms with E-state index in [9.17, 15) is 35.4 Å². The first kappa shape index (κ1) is 40.1. The van der Waals surface area contributed by atoms with Gasteiger partial charge in [-0.1, -0.05) is 69.2 Å². The second-order valence-corrected chi connectivity index (χ2v) is 23.1. The minimum atomic E-state index is -1.30. The monoisotopic (exact) mass is 818 g/mol. The number of benzene rings is 1. The van der Waals surface area contributed by atoms with Crippen molar-refractivity contribution in [1.29, 1.82) is 0 Å². The van der Waals surface area contributed by atoms with Crippen molar-refractivity contribution < 1.29 is 40.2 Å². The van der Waals surface area contributed by atoms with Crippen molar-refractivity contribution >= 4 is 24.2 Å². The van der Waals surface area contributed by atoms with Crippen LogP contribution in [0.25, 0.3) is 12.2 Å². The number of aliphatic hydroxyl groups excluding tert-OH is 5. The summed E-state index contributed by atoms with van der Waals surface area (Å²) in [5, 5.41) is 73.6. The first-order chi connectivity index (χ1) is 28.5. The lowest BCUT2D eigenvalue weighted by Crippen LogP contribution is -2.77. The topological polar surface area (TPSA) is 156 Å². The third-order valence-electron chi connectivity index (χ3n) is 21.0. The van der Waals surface area contributed by atoms with Gasteiger partial charge in [0.1, 0.15) is 0 Å². The average Bonchev–Trinajstić information content (AvgIpc) is 3.40. The lowest BCUT2D eigenvalue weighted by atomic mass is 9.26. The second kappa shape index (κ2) is 12.5. The van der Waals surface area contributed by atoms with Crippen LogP contribution in [0.4, 0.5) is 0 Å². The van der Waals surface area contributed by atoms with E-state index in [1.807, 2.05) is 12.1 Å². The number of rotatable bonds is 5. The molecular weight excluding hydrogens is 753 g/mol. The first-order valence-electron chi connectivity index (χ1n) is 23.4. The Kier molecular flexibility index (Phi) is 8.35. The Labute approximate surface area is 354 Å². The number of aliphatic hydroxyl groups is 6. The Balaban J connectivity index is 1.21. The lowest BCUT2D eigenvalue weighted by Gasteiger charge is -2.77. The summed E-state index contributed by atoms with van der Waals surface area (Å²) in [7, 11) is 0. The largest absolute Gasteiger partial charge is 0.396 e. The van der Waals surface area contributed by atoms with E-state index in [1.165, 1.54) is 0 Å². The third kappa shape index (κ3) is 4.32. The molecule has 0 aromatic heterocycles. The molecule has 60 heavy (non-hydrogen) atoms. The summed E-state index contributed by atoms with van der Waals surface area (Å²) in [5.74, 6) is -1.16. The third-order valence-corrected chi connectivity index (χ3v) is 21.0. The smallest absolute Gasteiger partial charge is 0.159 e. The summed E-state index contributed by atoms with van der Waals surface area (Å²) in [6.07, 6.45) is 22.1. The van der Waals surface area contributed by atoms with Crippen molar-refractivity contribution in [3.63, 3.8) is 0 Å². The van der Waals surface area contributed by atoms with Gasteiger partial charge >= 0.3 is 0 Å². The van der Waals surface area contributed by atoms with E-state index in [0.29, 0.717) is 43.2 Å². The molecule has 6 saturated carbocycles. The molecule has 0 heterocycles. The Morgan fingerprint density at radius 2 is 1.73 bits per heavy atom. The van der Waals surface area contributed by atoms with Crippen LogP contribution in [0.3, 0.4) is 0 Å². The maximum Gasteiger partial charge on any atom is 0.159 e. The standard InChI is InChI=1S/C52H66O8/c1-29(56)31-17-32-20-37-30(19-36(32)33(18-31)24-53)9-14-47-15-11-41-50(43(59)25-54)13-6-8-35(21-42(50)58)52(37,41)44(47)40(57)22-38-39-23-45(2,3)26-48-12-5-7-34(48)10-16-49(60,27-46(38,47)4)51(39,48)28-55/h6,8,10,16-20,22,24,29-30,34-35,37,39,41-44,54-56,58-60H,5,7,9,11-15,21,23,25-28H2,1-4H3/t29-,30-,34-,35+,37+,39-,41+,42+,43-,44+,46-,47-,48+,49-,50+,51-,52-/m1/s1. The molecule has 12 rings (SSSR count). The molecule has 1 aromatic carbocycles. The first-order valence-corrected chi connectivity index (χ1v) is 23.4. The van der Waals surface area contributed by atoms with Crippen molar-refractivity contribution in [2.24, 2.45) is 79.3 Å². The van der Waals surface area contributed by atoms with Crippen molar-refractivity contribution in [3.05, 3.63) is 69.7 Å². The molecule has 6 N–H and O–H groups in total. The van der Waals surface area contributed by atoms with E-state index in [1.54, 1.807) is 13.0 Å². The van der Waals surface area contributed by atoms with E-state index in [2.05, 4.69) is 57.2 Å². The fourth-order valence-corrected chi connectivity index (χ4v) is 19.3. The van der Waals surface area contributed by atoms with E-state index >= 15 is 4.79 Å². The van der Waals surface area contributed by atoms with Gasteiger partial charge in [-0.2, -0.15) is 0 Å². The number of carbonyl (C=O) groups is 2. The van der Waals surface area contributed by atoms with Gasteiger partial charge in [-0.3, -0.25) is 9.59 Å². The molecule has 11 aliphatic rings. The Morgan fingerprint density at radius 1 is 0.950 bits per heavy atom. The minimum absolute atomic E-state index is 0.0707. The summed E-state index contributed by atoms with van der Waals surface area (Å²) >= 11 is 0. The van der Waals surface area contributed by atoms with Gasteiger partial charge in [0, 0.05) is 22.3 Å². The zero-order chi connectivity index (χ0) is 42.2.